The zero-order valence-electron chi connectivity index (χ0n) is 15.9. The summed E-state index contributed by atoms with van der Waals surface area (Å²) in [5, 5.41) is 0. The Morgan fingerprint density at radius 2 is 1.59 bits per heavy atom. The Hall–Kier alpha value is -1.89. The van der Waals surface area contributed by atoms with Gasteiger partial charge in [0.15, 0.2) is 0 Å². The summed E-state index contributed by atoms with van der Waals surface area (Å²) in [4.78, 5) is 2.65. The molecule has 2 aromatic rings. The average Bonchev–Trinajstić information content (AvgIpc) is 2.72. The van der Waals surface area contributed by atoms with Gasteiger partial charge in [0, 0.05) is 25.3 Å². The van der Waals surface area contributed by atoms with E-state index in [1.54, 1.807) is 12.1 Å². The van der Waals surface area contributed by atoms with Gasteiger partial charge in [-0.25, -0.2) is 13.1 Å². The predicted molar refractivity (Wildman–Crippen MR) is 109 cm³/mol. The van der Waals surface area contributed by atoms with Crippen LogP contribution in [0.1, 0.15) is 24.5 Å². The quantitative estimate of drug-likeness (QED) is 0.707. The lowest BCUT2D eigenvalue weighted by Gasteiger charge is -2.28. The number of aryl methyl sites for hydroxylation is 2. The molecular weight excluding hydrogens is 360 g/mol. The predicted octanol–water partition coefficient (Wildman–Crippen LogP) is 3.00. The van der Waals surface area contributed by atoms with E-state index in [0.29, 0.717) is 11.4 Å². The number of anilines is 1. The molecule has 2 aromatic carbocycles. The Bertz CT molecular complexity index is 812. The van der Waals surface area contributed by atoms with Gasteiger partial charge in [-0.15, -0.1) is 0 Å². The third-order valence-electron chi connectivity index (χ3n) is 4.89. The summed E-state index contributed by atoms with van der Waals surface area (Å²) in [5.74, 6) is 0. The maximum atomic E-state index is 12.3. The summed E-state index contributed by atoms with van der Waals surface area (Å²) in [6.07, 6.45) is 2.52. The first kappa shape index (κ1) is 19.9. The average molecular weight is 389 g/mol. The number of nitrogens with one attached hydrogen (secondary N) is 1. The number of ether oxygens (including phenoxy) is 1. The third-order valence-corrected chi connectivity index (χ3v) is 6.37. The summed E-state index contributed by atoms with van der Waals surface area (Å²) in [6.45, 7) is 5.91. The molecule has 146 valence electrons. The van der Waals surface area contributed by atoms with Crippen LogP contribution < -0.4 is 9.62 Å². The minimum Gasteiger partial charge on any atom is -0.378 e. The van der Waals surface area contributed by atoms with Crippen LogP contribution in [0, 0.1) is 0 Å². The van der Waals surface area contributed by atoms with Crippen LogP contribution in [-0.2, 0) is 27.6 Å². The molecule has 27 heavy (non-hydrogen) atoms. The summed E-state index contributed by atoms with van der Waals surface area (Å²) in [7, 11) is -3.43. The second-order valence-electron chi connectivity index (χ2n) is 6.76. The van der Waals surface area contributed by atoms with E-state index in [2.05, 4.69) is 40.8 Å². The topological polar surface area (TPSA) is 58.6 Å². The standard InChI is InChI=1S/C21H28N2O3S/c1-2-18-7-11-21(12-8-18)27(24,25)22-13-3-4-19-5-9-20(10-6-19)23-14-16-26-17-15-23/h5-12,22H,2-4,13-17H2,1H3. The van der Waals surface area contributed by atoms with Crippen molar-refractivity contribution in [2.24, 2.45) is 0 Å². The number of hydrogen-bond acceptors (Lipinski definition) is 4. The van der Waals surface area contributed by atoms with Gasteiger partial charge in [-0.2, -0.15) is 0 Å². The Morgan fingerprint density at radius 3 is 2.22 bits per heavy atom. The van der Waals surface area contributed by atoms with Gasteiger partial charge in [-0.3, -0.25) is 0 Å². The lowest BCUT2D eigenvalue weighted by Crippen LogP contribution is -2.36. The fourth-order valence-electron chi connectivity index (χ4n) is 3.18. The molecule has 0 spiro atoms. The molecule has 0 unspecified atom stereocenters. The Kier molecular flexibility index (Phi) is 6.88. The lowest BCUT2D eigenvalue weighted by molar-refractivity contribution is 0.122. The SMILES string of the molecule is CCc1ccc(S(=O)(=O)NCCCc2ccc(N3CCOCC3)cc2)cc1. The number of rotatable bonds is 8. The zero-order valence-corrected chi connectivity index (χ0v) is 16.7. The van der Waals surface area contributed by atoms with E-state index in [0.717, 1.165) is 51.1 Å². The highest BCUT2D eigenvalue weighted by molar-refractivity contribution is 7.89. The van der Waals surface area contributed by atoms with E-state index in [-0.39, 0.29) is 0 Å². The van der Waals surface area contributed by atoms with Crippen LogP contribution >= 0.6 is 0 Å². The first-order valence-corrected chi connectivity index (χ1v) is 11.1. The number of hydrogen-bond donors (Lipinski definition) is 1. The van der Waals surface area contributed by atoms with Crippen LogP contribution in [-0.4, -0.2) is 41.3 Å². The fraction of sp³-hybridized carbons (Fsp3) is 0.429. The van der Waals surface area contributed by atoms with E-state index in [4.69, 9.17) is 4.74 Å². The molecule has 0 atom stereocenters. The molecule has 0 amide bonds. The van der Waals surface area contributed by atoms with Gasteiger partial charge in [-0.1, -0.05) is 31.2 Å². The van der Waals surface area contributed by atoms with Crippen LogP contribution in [0.25, 0.3) is 0 Å². The molecule has 1 N–H and O–H groups in total. The Morgan fingerprint density at radius 1 is 0.963 bits per heavy atom. The second-order valence-corrected chi connectivity index (χ2v) is 8.53. The van der Waals surface area contributed by atoms with Gasteiger partial charge < -0.3 is 9.64 Å². The lowest BCUT2D eigenvalue weighted by atomic mass is 10.1. The van der Waals surface area contributed by atoms with E-state index in [1.807, 2.05) is 12.1 Å². The molecule has 5 nitrogen and oxygen atoms in total. The van der Waals surface area contributed by atoms with Crippen molar-refractivity contribution in [3.8, 4) is 0 Å². The van der Waals surface area contributed by atoms with E-state index < -0.39 is 10.0 Å². The molecule has 0 aliphatic carbocycles. The fourth-order valence-corrected chi connectivity index (χ4v) is 4.26. The molecule has 3 rings (SSSR count). The Balaban J connectivity index is 1.46. The summed E-state index contributed by atoms with van der Waals surface area (Å²) >= 11 is 0. The van der Waals surface area contributed by atoms with Gasteiger partial charge in [0.05, 0.1) is 18.1 Å². The molecular formula is C21H28N2O3S. The van der Waals surface area contributed by atoms with Crippen molar-refractivity contribution >= 4 is 15.7 Å². The van der Waals surface area contributed by atoms with Crippen molar-refractivity contribution in [3.63, 3.8) is 0 Å². The van der Waals surface area contributed by atoms with Crippen molar-refractivity contribution in [3.05, 3.63) is 59.7 Å². The van der Waals surface area contributed by atoms with Crippen LogP contribution in [0.15, 0.2) is 53.4 Å². The number of benzene rings is 2. The van der Waals surface area contributed by atoms with Crippen molar-refractivity contribution in [2.75, 3.05) is 37.7 Å². The van der Waals surface area contributed by atoms with Gasteiger partial charge in [0.2, 0.25) is 10.0 Å². The van der Waals surface area contributed by atoms with Crippen LogP contribution in [0.2, 0.25) is 0 Å². The minimum atomic E-state index is -3.43. The summed E-state index contributed by atoms with van der Waals surface area (Å²) < 4.78 is 32.8. The molecule has 0 saturated carbocycles. The highest BCUT2D eigenvalue weighted by Gasteiger charge is 2.13. The molecule has 1 heterocycles. The second kappa shape index (κ2) is 9.35. The van der Waals surface area contributed by atoms with E-state index >= 15 is 0 Å². The molecule has 0 bridgehead atoms. The van der Waals surface area contributed by atoms with Crippen molar-refractivity contribution < 1.29 is 13.2 Å². The number of nitrogens with zero attached hydrogens (tertiary/aromatic N) is 1. The minimum absolute atomic E-state index is 0.328. The molecule has 0 aromatic heterocycles. The van der Waals surface area contributed by atoms with Gasteiger partial charge >= 0.3 is 0 Å². The zero-order chi connectivity index (χ0) is 19.1. The smallest absolute Gasteiger partial charge is 0.240 e. The normalized spacial score (nSPS) is 15.1. The van der Waals surface area contributed by atoms with Gasteiger partial charge in [0.25, 0.3) is 0 Å². The maximum Gasteiger partial charge on any atom is 0.240 e. The van der Waals surface area contributed by atoms with Crippen LogP contribution in [0.5, 0.6) is 0 Å². The molecule has 1 saturated heterocycles. The highest BCUT2D eigenvalue weighted by atomic mass is 32.2. The molecule has 6 heteroatoms. The number of morpholine rings is 1. The van der Waals surface area contributed by atoms with E-state index in [9.17, 15) is 8.42 Å². The molecule has 1 aliphatic heterocycles. The Labute approximate surface area is 162 Å². The first-order valence-electron chi connectivity index (χ1n) is 9.59. The molecule has 0 radical (unpaired) electrons. The first-order chi connectivity index (χ1) is 13.1. The molecule has 1 aliphatic rings. The monoisotopic (exact) mass is 388 g/mol. The van der Waals surface area contributed by atoms with E-state index in [1.165, 1.54) is 11.3 Å². The van der Waals surface area contributed by atoms with Crippen LogP contribution in [0.3, 0.4) is 0 Å². The number of sulfonamides is 1. The van der Waals surface area contributed by atoms with Crippen molar-refractivity contribution in [1.82, 2.24) is 4.72 Å². The van der Waals surface area contributed by atoms with Gasteiger partial charge in [0.1, 0.15) is 0 Å². The molecule has 1 fully saturated rings. The summed E-state index contributed by atoms with van der Waals surface area (Å²) in [6, 6.07) is 15.6. The van der Waals surface area contributed by atoms with Crippen LogP contribution in [0.4, 0.5) is 5.69 Å². The third kappa shape index (κ3) is 5.54. The van der Waals surface area contributed by atoms with Crippen molar-refractivity contribution in [1.29, 1.82) is 0 Å². The van der Waals surface area contributed by atoms with Gasteiger partial charge in [-0.05, 0) is 54.7 Å². The maximum absolute atomic E-state index is 12.3. The van der Waals surface area contributed by atoms with Crippen molar-refractivity contribution in [2.45, 2.75) is 31.1 Å². The largest absolute Gasteiger partial charge is 0.378 e. The highest BCUT2D eigenvalue weighted by Crippen LogP contribution is 2.17. The summed E-state index contributed by atoms with van der Waals surface area (Å²) in [5.41, 5.74) is 3.58.